The number of nitrogens with zero attached hydrogens (tertiary/aromatic N) is 1. The molecule has 2 aliphatic rings. The van der Waals surface area contributed by atoms with E-state index in [1.165, 1.54) is 45.8 Å². The Hall–Kier alpha value is -1.46. The van der Waals surface area contributed by atoms with Gasteiger partial charge in [0.05, 0.1) is 0 Å². The number of halogens is 1. The Kier molecular flexibility index (Phi) is 4.69. The Morgan fingerprint density at radius 3 is 2.70 bits per heavy atom. The minimum absolute atomic E-state index is 0.250. The highest BCUT2D eigenvalue weighted by Gasteiger charge is 2.55. The van der Waals surface area contributed by atoms with Gasteiger partial charge in [0, 0.05) is 40.9 Å². The maximum absolute atomic E-state index is 8.58. The molecule has 1 spiro atoms. The molecule has 23 heavy (non-hydrogen) atoms. The standard InChI is InChI=1S/C17H18BrNO.CH3NO/c1-11-6-13-10-19-16(8-12(13)7-15(11)18)14-9-17(14)2-4-20-5-3-17;2-1-3/h6-8,10,14H,2-5,9H2,1H3;1H,(H2,2,3). The van der Waals surface area contributed by atoms with Crippen molar-refractivity contribution < 1.29 is 9.53 Å². The molecule has 122 valence electrons. The number of fused-ring (bicyclic) bond motifs is 1. The van der Waals surface area contributed by atoms with Crippen molar-refractivity contribution in [2.24, 2.45) is 11.1 Å². The highest BCUT2D eigenvalue weighted by Crippen LogP contribution is 2.64. The fraction of sp³-hybridized carbons (Fsp3) is 0.444. The van der Waals surface area contributed by atoms with Gasteiger partial charge in [-0.05, 0) is 60.7 Å². The molecule has 1 saturated carbocycles. The first-order chi connectivity index (χ1) is 11.1. The summed E-state index contributed by atoms with van der Waals surface area (Å²) in [6.45, 7) is 3.97. The van der Waals surface area contributed by atoms with Crippen LogP contribution in [-0.2, 0) is 9.53 Å². The number of benzene rings is 1. The zero-order chi connectivity index (χ0) is 16.4. The summed E-state index contributed by atoms with van der Waals surface area (Å²) in [4.78, 5) is 13.3. The number of rotatable bonds is 1. The largest absolute Gasteiger partial charge is 0.381 e. The van der Waals surface area contributed by atoms with E-state index in [4.69, 9.17) is 14.5 Å². The van der Waals surface area contributed by atoms with Crippen LogP contribution in [0.2, 0.25) is 0 Å². The van der Waals surface area contributed by atoms with Gasteiger partial charge in [0.1, 0.15) is 0 Å². The smallest absolute Gasteiger partial charge is 0.204 e. The number of primary amides is 1. The molecule has 1 aromatic carbocycles. The van der Waals surface area contributed by atoms with E-state index in [9.17, 15) is 0 Å². The highest BCUT2D eigenvalue weighted by atomic mass is 79.9. The maximum Gasteiger partial charge on any atom is 0.204 e. The molecule has 2 aromatic rings. The SMILES string of the molecule is Cc1cc2cnc(C3CC34CCOCC4)cc2cc1Br.NC=O. The third-order valence-corrected chi connectivity index (χ3v) is 5.91. The van der Waals surface area contributed by atoms with Crippen molar-refractivity contribution in [3.63, 3.8) is 0 Å². The lowest BCUT2D eigenvalue weighted by atomic mass is 9.92. The number of amides is 1. The second kappa shape index (κ2) is 6.57. The van der Waals surface area contributed by atoms with Crippen molar-refractivity contribution >= 4 is 33.1 Å². The zero-order valence-electron chi connectivity index (χ0n) is 13.2. The Balaban J connectivity index is 0.000000485. The van der Waals surface area contributed by atoms with E-state index in [1.807, 2.05) is 6.20 Å². The summed E-state index contributed by atoms with van der Waals surface area (Å²) in [6, 6.07) is 6.70. The molecule has 2 heterocycles. The molecule has 0 radical (unpaired) electrons. The lowest BCUT2D eigenvalue weighted by molar-refractivity contribution is -0.106. The summed E-state index contributed by atoms with van der Waals surface area (Å²) < 4.78 is 6.68. The van der Waals surface area contributed by atoms with Crippen LogP contribution < -0.4 is 5.73 Å². The van der Waals surface area contributed by atoms with Crippen molar-refractivity contribution in [3.05, 3.63) is 40.1 Å². The van der Waals surface area contributed by atoms with Crippen LogP contribution in [0.1, 0.15) is 36.4 Å². The Bertz CT molecular complexity index is 726. The maximum atomic E-state index is 8.58. The number of nitrogens with two attached hydrogens (primary N) is 1. The molecule has 1 unspecified atom stereocenters. The summed E-state index contributed by atoms with van der Waals surface area (Å²) >= 11 is 3.63. The Morgan fingerprint density at radius 2 is 2.00 bits per heavy atom. The van der Waals surface area contributed by atoms with Crippen molar-refractivity contribution in [1.82, 2.24) is 4.98 Å². The van der Waals surface area contributed by atoms with Crippen LogP contribution in [0, 0.1) is 12.3 Å². The molecule has 0 bridgehead atoms. The molecule has 4 rings (SSSR count). The lowest BCUT2D eigenvalue weighted by Gasteiger charge is -2.22. The first-order valence-corrected chi connectivity index (χ1v) is 8.68. The zero-order valence-corrected chi connectivity index (χ0v) is 14.8. The normalized spacial score (nSPS) is 21.6. The highest BCUT2D eigenvalue weighted by molar-refractivity contribution is 9.10. The molecule has 4 nitrogen and oxygen atoms in total. The van der Waals surface area contributed by atoms with E-state index < -0.39 is 0 Å². The lowest BCUT2D eigenvalue weighted by Crippen LogP contribution is -2.18. The second-order valence-corrected chi connectivity index (χ2v) is 7.28. The van der Waals surface area contributed by atoms with Crippen LogP contribution in [0.5, 0.6) is 0 Å². The van der Waals surface area contributed by atoms with Crippen LogP contribution in [-0.4, -0.2) is 24.6 Å². The number of pyridine rings is 1. The number of aromatic nitrogens is 1. The molecule has 5 heteroatoms. The molecule has 1 aliphatic carbocycles. The van der Waals surface area contributed by atoms with Crippen LogP contribution in [0.3, 0.4) is 0 Å². The first-order valence-electron chi connectivity index (χ1n) is 7.88. The molecule has 1 atom stereocenters. The molecular weight excluding hydrogens is 356 g/mol. The average molecular weight is 377 g/mol. The van der Waals surface area contributed by atoms with Gasteiger partial charge in [-0.15, -0.1) is 0 Å². The van der Waals surface area contributed by atoms with Gasteiger partial charge < -0.3 is 10.5 Å². The number of hydrogen-bond acceptors (Lipinski definition) is 3. The van der Waals surface area contributed by atoms with Gasteiger partial charge in [0.25, 0.3) is 0 Å². The first kappa shape index (κ1) is 16.4. The van der Waals surface area contributed by atoms with Crippen molar-refractivity contribution in [3.8, 4) is 0 Å². The molecule has 1 saturated heterocycles. The van der Waals surface area contributed by atoms with Gasteiger partial charge >= 0.3 is 0 Å². The summed E-state index contributed by atoms with van der Waals surface area (Å²) in [6.07, 6.45) is 5.99. The van der Waals surface area contributed by atoms with Gasteiger partial charge in [0.2, 0.25) is 6.41 Å². The minimum Gasteiger partial charge on any atom is -0.381 e. The fourth-order valence-electron chi connectivity index (χ4n) is 3.58. The number of carbonyl (C=O) groups excluding carboxylic acids is 1. The number of carbonyl (C=O) groups is 1. The van der Waals surface area contributed by atoms with E-state index in [-0.39, 0.29) is 6.41 Å². The number of aryl methyl sites for hydroxylation is 1. The Morgan fingerprint density at radius 1 is 1.30 bits per heavy atom. The van der Waals surface area contributed by atoms with Crippen LogP contribution in [0.4, 0.5) is 0 Å². The predicted molar refractivity (Wildman–Crippen MR) is 94.3 cm³/mol. The molecule has 1 amide bonds. The van der Waals surface area contributed by atoms with Crippen molar-refractivity contribution in [1.29, 1.82) is 0 Å². The van der Waals surface area contributed by atoms with E-state index in [0.29, 0.717) is 11.3 Å². The van der Waals surface area contributed by atoms with E-state index in [2.05, 4.69) is 46.8 Å². The quantitative estimate of drug-likeness (QED) is 0.771. The van der Waals surface area contributed by atoms with E-state index >= 15 is 0 Å². The molecule has 1 aromatic heterocycles. The average Bonchev–Trinajstić information content (AvgIpc) is 3.23. The van der Waals surface area contributed by atoms with Crippen molar-refractivity contribution in [2.75, 3.05) is 13.2 Å². The second-order valence-electron chi connectivity index (χ2n) is 6.43. The van der Waals surface area contributed by atoms with Crippen molar-refractivity contribution in [2.45, 2.75) is 32.1 Å². The topological polar surface area (TPSA) is 65.2 Å². The molecule has 2 N–H and O–H groups in total. The third kappa shape index (κ3) is 3.26. The number of ether oxygens (including phenoxy) is 1. The van der Waals surface area contributed by atoms with Crippen LogP contribution in [0.15, 0.2) is 28.9 Å². The summed E-state index contributed by atoms with van der Waals surface area (Å²) in [7, 11) is 0. The molecule has 1 aliphatic heterocycles. The van der Waals surface area contributed by atoms with Gasteiger partial charge in [0.15, 0.2) is 0 Å². The monoisotopic (exact) mass is 376 g/mol. The Labute approximate surface area is 144 Å². The van der Waals surface area contributed by atoms with Gasteiger partial charge in [-0.2, -0.15) is 0 Å². The predicted octanol–water partition coefficient (Wildman–Crippen LogP) is 3.69. The molecular formula is C18H21BrN2O2. The van der Waals surface area contributed by atoms with Crippen LogP contribution >= 0.6 is 15.9 Å². The number of hydrogen-bond donors (Lipinski definition) is 1. The van der Waals surface area contributed by atoms with E-state index in [0.717, 1.165) is 13.2 Å². The summed E-state index contributed by atoms with van der Waals surface area (Å²) in [5.74, 6) is 0.649. The minimum atomic E-state index is 0.250. The van der Waals surface area contributed by atoms with Gasteiger partial charge in [-0.3, -0.25) is 9.78 Å². The summed E-state index contributed by atoms with van der Waals surface area (Å²) in [5, 5.41) is 2.53. The third-order valence-electron chi connectivity index (χ3n) is 5.06. The van der Waals surface area contributed by atoms with Gasteiger partial charge in [-0.25, -0.2) is 0 Å². The van der Waals surface area contributed by atoms with Gasteiger partial charge in [-0.1, -0.05) is 15.9 Å². The molecule has 2 fully saturated rings. The fourth-order valence-corrected chi connectivity index (χ4v) is 3.94. The van der Waals surface area contributed by atoms with E-state index in [1.54, 1.807) is 0 Å². The van der Waals surface area contributed by atoms with Crippen LogP contribution in [0.25, 0.3) is 10.8 Å². The summed E-state index contributed by atoms with van der Waals surface area (Å²) in [5.41, 5.74) is 7.20.